The number of benzene rings is 3. The predicted octanol–water partition coefficient (Wildman–Crippen LogP) is 8.01. The lowest BCUT2D eigenvalue weighted by atomic mass is 10.0. The van der Waals surface area contributed by atoms with Gasteiger partial charge in [-0.3, -0.25) is 0 Å². The van der Waals surface area contributed by atoms with Gasteiger partial charge in [-0.05, 0) is 59.2 Å². The SMILES string of the molecule is CC(C)c1c(F)cccc1F.CC(C)c1ccc(F)cc1F.CC(C)c1ccc(S(=O)(=O)N2CCOCC2)cc1. The van der Waals surface area contributed by atoms with Gasteiger partial charge in [0.15, 0.2) is 0 Å². The number of hydrogen-bond acceptors (Lipinski definition) is 3. The Bertz CT molecular complexity index is 1300. The van der Waals surface area contributed by atoms with Crippen molar-refractivity contribution in [2.75, 3.05) is 26.3 Å². The zero-order valence-corrected chi connectivity index (χ0v) is 24.7. The summed E-state index contributed by atoms with van der Waals surface area (Å²) in [5, 5.41) is 0. The van der Waals surface area contributed by atoms with Crippen molar-refractivity contribution in [1.82, 2.24) is 4.31 Å². The third kappa shape index (κ3) is 9.42. The van der Waals surface area contributed by atoms with E-state index >= 15 is 0 Å². The van der Waals surface area contributed by atoms with Crippen molar-refractivity contribution in [1.29, 1.82) is 0 Å². The molecule has 3 aromatic rings. The van der Waals surface area contributed by atoms with E-state index in [1.54, 1.807) is 26.0 Å². The maximum Gasteiger partial charge on any atom is 0.243 e. The first-order valence-electron chi connectivity index (χ1n) is 13.3. The quantitative estimate of drug-likeness (QED) is 0.287. The van der Waals surface area contributed by atoms with Gasteiger partial charge in [-0.25, -0.2) is 26.0 Å². The molecule has 0 bridgehead atoms. The number of rotatable bonds is 5. The Morgan fingerprint density at radius 3 is 1.68 bits per heavy atom. The Labute approximate surface area is 236 Å². The van der Waals surface area contributed by atoms with E-state index in [0.29, 0.717) is 42.7 Å². The molecule has 1 aliphatic rings. The average molecular weight is 582 g/mol. The van der Waals surface area contributed by atoms with Crippen molar-refractivity contribution in [3.05, 3.63) is 101 Å². The van der Waals surface area contributed by atoms with E-state index in [9.17, 15) is 26.0 Å². The van der Waals surface area contributed by atoms with Crippen LogP contribution in [0.2, 0.25) is 0 Å². The maximum atomic E-state index is 12.9. The van der Waals surface area contributed by atoms with Crippen molar-refractivity contribution >= 4 is 10.0 Å². The average Bonchev–Trinajstić information content (AvgIpc) is 2.89. The molecule has 1 fully saturated rings. The monoisotopic (exact) mass is 581 g/mol. The summed E-state index contributed by atoms with van der Waals surface area (Å²) in [7, 11) is -3.35. The van der Waals surface area contributed by atoms with Crippen molar-refractivity contribution in [2.45, 2.75) is 64.2 Å². The summed E-state index contributed by atoms with van der Waals surface area (Å²) in [4.78, 5) is 0.369. The van der Waals surface area contributed by atoms with Gasteiger partial charge in [-0.15, -0.1) is 0 Å². The van der Waals surface area contributed by atoms with Crippen LogP contribution in [0, 0.1) is 23.3 Å². The first-order chi connectivity index (χ1) is 18.7. The minimum atomic E-state index is -3.35. The topological polar surface area (TPSA) is 46.6 Å². The summed E-state index contributed by atoms with van der Waals surface area (Å²) in [5.74, 6) is -1.48. The minimum Gasteiger partial charge on any atom is -0.379 e. The molecular weight excluding hydrogens is 542 g/mol. The first kappa shape index (κ1) is 33.5. The normalized spacial score (nSPS) is 14.0. The van der Waals surface area contributed by atoms with Crippen molar-refractivity contribution in [3.63, 3.8) is 0 Å². The molecule has 1 heterocycles. The number of ether oxygens (including phenoxy) is 1. The van der Waals surface area contributed by atoms with E-state index in [2.05, 4.69) is 13.8 Å². The summed E-state index contributed by atoms with van der Waals surface area (Å²) < 4.78 is 82.3. The van der Waals surface area contributed by atoms with Crippen molar-refractivity contribution in [2.24, 2.45) is 0 Å². The van der Waals surface area contributed by atoms with Gasteiger partial charge in [-0.1, -0.05) is 65.8 Å². The fraction of sp³-hybridized carbons (Fsp3) is 0.419. The van der Waals surface area contributed by atoms with Gasteiger partial charge in [0.05, 0.1) is 18.1 Å². The van der Waals surface area contributed by atoms with Gasteiger partial charge in [0.2, 0.25) is 10.0 Å². The molecule has 0 saturated carbocycles. The molecule has 0 N–H and O–H groups in total. The second-order valence-electron chi connectivity index (χ2n) is 10.4. The number of nitrogens with zero attached hydrogens (tertiary/aromatic N) is 1. The fourth-order valence-electron chi connectivity index (χ4n) is 3.99. The Morgan fingerprint density at radius 1 is 0.700 bits per heavy atom. The highest BCUT2D eigenvalue weighted by molar-refractivity contribution is 7.89. The molecule has 1 saturated heterocycles. The van der Waals surface area contributed by atoms with Crippen LogP contribution in [0.25, 0.3) is 0 Å². The van der Waals surface area contributed by atoms with Gasteiger partial charge in [-0.2, -0.15) is 4.31 Å². The lowest BCUT2D eigenvalue weighted by molar-refractivity contribution is 0.0730. The van der Waals surface area contributed by atoms with Crippen molar-refractivity contribution in [3.8, 4) is 0 Å². The zero-order chi connectivity index (χ0) is 30.0. The van der Waals surface area contributed by atoms with Gasteiger partial charge in [0.25, 0.3) is 0 Å². The van der Waals surface area contributed by atoms with Crippen LogP contribution in [-0.2, 0) is 14.8 Å². The minimum absolute atomic E-state index is 0.101. The van der Waals surface area contributed by atoms with E-state index in [0.717, 1.165) is 11.6 Å². The van der Waals surface area contributed by atoms with Crippen molar-refractivity contribution < 1.29 is 30.7 Å². The van der Waals surface area contributed by atoms with Crippen LogP contribution in [0.5, 0.6) is 0 Å². The summed E-state index contributed by atoms with van der Waals surface area (Å²) >= 11 is 0. The highest BCUT2D eigenvalue weighted by Gasteiger charge is 2.26. The van der Waals surface area contributed by atoms with E-state index in [-0.39, 0.29) is 17.4 Å². The molecule has 220 valence electrons. The number of hydrogen-bond donors (Lipinski definition) is 0. The molecule has 4 nitrogen and oxygen atoms in total. The Morgan fingerprint density at radius 2 is 1.25 bits per heavy atom. The molecule has 0 aromatic heterocycles. The summed E-state index contributed by atoms with van der Waals surface area (Å²) in [6, 6.07) is 14.8. The largest absolute Gasteiger partial charge is 0.379 e. The van der Waals surface area contributed by atoms with Gasteiger partial charge >= 0.3 is 0 Å². The van der Waals surface area contributed by atoms with E-state index in [1.165, 1.54) is 34.6 Å². The Kier molecular flexibility index (Phi) is 12.8. The fourth-order valence-corrected chi connectivity index (χ4v) is 5.40. The molecule has 0 atom stereocenters. The van der Waals surface area contributed by atoms with E-state index in [4.69, 9.17) is 4.74 Å². The smallest absolute Gasteiger partial charge is 0.243 e. The van der Waals surface area contributed by atoms with E-state index < -0.39 is 33.3 Å². The third-order valence-electron chi connectivity index (χ3n) is 6.32. The predicted molar refractivity (Wildman–Crippen MR) is 151 cm³/mol. The number of halogens is 4. The number of sulfonamides is 1. The standard InChI is InChI=1S/C13H19NO3S.2C9H10F2/c1-11(2)12-3-5-13(6-4-12)18(15,16)14-7-9-17-10-8-14;1-6(2)8-4-3-7(10)5-9(8)11;1-6(2)9-7(10)4-3-5-8(9)11/h3-6,11H,7-10H2,1-2H3;2*3-6H,1-2H3. The van der Waals surface area contributed by atoms with Gasteiger partial charge in [0.1, 0.15) is 23.3 Å². The van der Waals surface area contributed by atoms with Crippen LogP contribution in [0.4, 0.5) is 17.6 Å². The lowest BCUT2D eigenvalue weighted by Gasteiger charge is -2.26. The lowest BCUT2D eigenvalue weighted by Crippen LogP contribution is -2.40. The van der Waals surface area contributed by atoms with Crippen LogP contribution in [0.3, 0.4) is 0 Å². The molecule has 0 unspecified atom stereocenters. The van der Waals surface area contributed by atoms with Gasteiger partial charge < -0.3 is 4.74 Å². The first-order valence-corrected chi connectivity index (χ1v) is 14.8. The molecule has 9 heteroatoms. The molecule has 0 amide bonds. The van der Waals surface area contributed by atoms with Crippen LogP contribution >= 0.6 is 0 Å². The molecule has 3 aromatic carbocycles. The molecular formula is C31H39F4NO3S. The second kappa shape index (κ2) is 15.3. The molecule has 0 spiro atoms. The zero-order valence-electron chi connectivity index (χ0n) is 23.9. The number of morpholine rings is 1. The molecule has 0 radical (unpaired) electrons. The van der Waals surface area contributed by atoms with Crippen LogP contribution in [-0.4, -0.2) is 39.0 Å². The maximum absolute atomic E-state index is 12.9. The Hall–Kier alpha value is -2.75. The summed E-state index contributed by atoms with van der Waals surface area (Å²) in [6.45, 7) is 13.3. The molecule has 0 aliphatic carbocycles. The molecule has 1 aliphatic heterocycles. The van der Waals surface area contributed by atoms with Crippen LogP contribution in [0.1, 0.15) is 76.0 Å². The highest BCUT2D eigenvalue weighted by Crippen LogP contribution is 2.22. The third-order valence-corrected chi connectivity index (χ3v) is 8.23. The van der Waals surface area contributed by atoms with Gasteiger partial charge in [0, 0.05) is 24.7 Å². The highest BCUT2D eigenvalue weighted by atomic mass is 32.2. The Balaban J connectivity index is 0.000000222. The summed E-state index contributed by atoms with van der Waals surface area (Å²) in [5.41, 5.74) is 1.88. The van der Waals surface area contributed by atoms with Crippen LogP contribution < -0.4 is 0 Å². The second-order valence-corrected chi connectivity index (χ2v) is 12.3. The summed E-state index contributed by atoms with van der Waals surface area (Å²) in [6.07, 6.45) is 0. The van der Waals surface area contributed by atoms with E-state index in [1.807, 2.05) is 26.0 Å². The van der Waals surface area contributed by atoms with Crippen LogP contribution in [0.15, 0.2) is 65.6 Å². The molecule has 40 heavy (non-hydrogen) atoms. The molecule has 4 rings (SSSR count).